The summed E-state index contributed by atoms with van der Waals surface area (Å²) in [5, 5.41) is 0.297. The van der Waals surface area contributed by atoms with E-state index in [1.807, 2.05) is 20.8 Å². The Labute approximate surface area is 193 Å². The first-order valence-electron chi connectivity index (χ1n) is 10.7. The number of ether oxygens (including phenoxy) is 3. The van der Waals surface area contributed by atoms with Crippen molar-refractivity contribution in [2.75, 3.05) is 53.0 Å². The summed E-state index contributed by atoms with van der Waals surface area (Å²) in [4.78, 5) is 42.4. The van der Waals surface area contributed by atoms with E-state index in [1.54, 1.807) is 22.9 Å². The van der Waals surface area contributed by atoms with E-state index in [0.717, 1.165) is 6.42 Å². The van der Waals surface area contributed by atoms with Crippen molar-refractivity contribution >= 4 is 29.5 Å². The van der Waals surface area contributed by atoms with Crippen molar-refractivity contribution in [3.63, 3.8) is 0 Å². The van der Waals surface area contributed by atoms with Crippen molar-refractivity contribution in [1.29, 1.82) is 0 Å². The number of benzene rings is 1. The summed E-state index contributed by atoms with van der Waals surface area (Å²) in [5.74, 6) is 0.326. The largest absolute Gasteiger partial charge is 0.489 e. The van der Waals surface area contributed by atoms with E-state index in [-0.39, 0.29) is 24.5 Å². The molecule has 1 aromatic rings. The Balaban J connectivity index is 1.56. The molecule has 0 aliphatic carbocycles. The lowest BCUT2D eigenvalue weighted by atomic mass is 10.1. The molecule has 176 valence electrons. The summed E-state index contributed by atoms with van der Waals surface area (Å²) in [7, 11) is 1.56. The number of halogens is 1. The molecule has 0 radical (unpaired) electrons. The van der Waals surface area contributed by atoms with Gasteiger partial charge < -0.3 is 28.9 Å². The van der Waals surface area contributed by atoms with Crippen LogP contribution in [0, 0.1) is 0 Å². The van der Waals surface area contributed by atoms with Crippen molar-refractivity contribution in [3.8, 4) is 11.5 Å². The van der Waals surface area contributed by atoms with E-state index < -0.39 is 5.60 Å². The van der Waals surface area contributed by atoms with E-state index in [2.05, 4.69) is 0 Å². The number of amides is 3. The van der Waals surface area contributed by atoms with Gasteiger partial charge in [-0.15, -0.1) is 0 Å². The second-order valence-corrected chi connectivity index (χ2v) is 9.25. The average Bonchev–Trinajstić information content (AvgIpc) is 2.98. The van der Waals surface area contributed by atoms with Gasteiger partial charge in [-0.2, -0.15) is 0 Å². The number of carbonyl (C=O) groups excluding carboxylic acids is 3. The number of hydrogen-bond acceptors (Lipinski definition) is 6. The fourth-order valence-electron chi connectivity index (χ4n) is 3.41. The average molecular weight is 468 g/mol. The molecule has 10 heteroatoms. The van der Waals surface area contributed by atoms with E-state index in [4.69, 9.17) is 25.8 Å². The SMILES string of the molecule is CN(CC(=O)N1CCN(C(=O)OC(C)(C)C)CC1)C(=O)c1cc(Cl)c2c(c1)OCCCO2. The summed E-state index contributed by atoms with van der Waals surface area (Å²) in [6.07, 6.45) is 0.340. The minimum absolute atomic E-state index is 0.0860. The highest BCUT2D eigenvalue weighted by Crippen LogP contribution is 2.38. The van der Waals surface area contributed by atoms with Gasteiger partial charge in [0.25, 0.3) is 5.91 Å². The molecule has 2 aliphatic rings. The molecule has 32 heavy (non-hydrogen) atoms. The first kappa shape index (κ1) is 24.0. The molecule has 2 heterocycles. The van der Waals surface area contributed by atoms with Gasteiger partial charge in [0.15, 0.2) is 11.5 Å². The van der Waals surface area contributed by atoms with Gasteiger partial charge in [0, 0.05) is 45.2 Å². The molecular weight excluding hydrogens is 438 g/mol. The summed E-state index contributed by atoms with van der Waals surface area (Å²) in [6, 6.07) is 3.12. The van der Waals surface area contributed by atoms with Crippen LogP contribution in [0.5, 0.6) is 11.5 Å². The zero-order valence-corrected chi connectivity index (χ0v) is 19.7. The molecule has 2 aliphatic heterocycles. The number of nitrogens with zero attached hydrogens (tertiary/aromatic N) is 3. The van der Waals surface area contributed by atoms with Gasteiger partial charge in [-0.25, -0.2) is 4.79 Å². The minimum atomic E-state index is -0.566. The third-order valence-corrected chi connectivity index (χ3v) is 5.33. The second kappa shape index (κ2) is 9.85. The number of hydrogen-bond donors (Lipinski definition) is 0. The maximum absolute atomic E-state index is 12.9. The predicted molar refractivity (Wildman–Crippen MR) is 118 cm³/mol. The monoisotopic (exact) mass is 467 g/mol. The molecular formula is C22H30ClN3O6. The molecule has 0 saturated carbocycles. The van der Waals surface area contributed by atoms with Crippen molar-refractivity contribution in [1.82, 2.24) is 14.7 Å². The maximum Gasteiger partial charge on any atom is 0.410 e. The lowest BCUT2D eigenvalue weighted by Crippen LogP contribution is -2.53. The standard InChI is InChI=1S/C22H30ClN3O6/c1-22(2,3)32-21(29)26-8-6-25(7-9-26)18(27)14-24(4)20(28)15-12-16(23)19-17(13-15)30-10-5-11-31-19/h12-13H,5-11,14H2,1-4H3. The maximum atomic E-state index is 12.9. The Morgan fingerprint density at radius 3 is 2.34 bits per heavy atom. The fourth-order valence-corrected chi connectivity index (χ4v) is 3.68. The van der Waals surface area contributed by atoms with Crippen LogP contribution in [0.25, 0.3) is 0 Å². The van der Waals surface area contributed by atoms with E-state index >= 15 is 0 Å². The summed E-state index contributed by atoms with van der Waals surface area (Å²) < 4.78 is 16.6. The van der Waals surface area contributed by atoms with Gasteiger partial charge in [0.1, 0.15) is 5.60 Å². The van der Waals surface area contributed by atoms with Gasteiger partial charge in [-0.3, -0.25) is 9.59 Å². The van der Waals surface area contributed by atoms with Crippen LogP contribution in [0.2, 0.25) is 5.02 Å². The number of rotatable bonds is 3. The molecule has 0 N–H and O–H groups in total. The second-order valence-electron chi connectivity index (χ2n) is 8.85. The Morgan fingerprint density at radius 2 is 1.69 bits per heavy atom. The van der Waals surface area contributed by atoms with E-state index in [0.29, 0.717) is 61.5 Å². The van der Waals surface area contributed by atoms with Crippen LogP contribution < -0.4 is 9.47 Å². The number of carbonyl (C=O) groups is 3. The molecule has 1 aromatic carbocycles. The van der Waals surface area contributed by atoms with Crippen LogP contribution >= 0.6 is 11.6 Å². The molecule has 3 rings (SSSR count). The van der Waals surface area contributed by atoms with Crippen LogP contribution in [0.15, 0.2) is 12.1 Å². The zero-order chi connectivity index (χ0) is 23.5. The normalized spacial score (nSPS) is 16.3. The van der Waals surface area contributed by atoms with Crippen molar-refractivity contribution in [2.24, 2.45) is 0 Å². The van der Waals surface area contributed by atoms with Gasteiger partial charge in [0.2, 0.25) is 5.91 Å². The van der Waals surface area contributed by atoms with Crippen molar-refractivity contribution in [2.45, 2.75) is 32.8 Å². The lowest BCUT2D eigenvalue weighted by Gasteiger charge is -2.36. The topological polar surface area (TPSA) is 88.6 Å². The molecule has 1 saturated heterocycles. The van der Waals surface area contributed by atoms with Crippen LogP contribution in [-0.2, 0) is 9.53 Å². The number of piperazine rings is 1. The molecule has 3 amide bonds. The van der Waals surface area contributed by atoms with Crippen LogP contribution in [0.4, 0.5) is 4.79 Å². The van der Waals surface area contributed by atoms with Crippen LogP contribution in [0.3, 0.4) is 0 Å². The van der Waals surface area contributed by atoms with E-state index in [1.165, 1.54) is 11.0 Å². The summed E-state index contributed by atoms with van der Waals surface area (Å²) in [6.45, 7) is 7.87. The molecule has 0 atom stereocenters. The minimum Gasteiger partial charge on any atom is -0.489 e. The summed E-state index contributed by atoms with van der Waals surface area (Å²) in [5.41, 5.74) is -0.243. The van der Waals surface area contributed by atoms with Crippen LogP contribution in [0.1, 0.15) is 37.6 Å². The molecule has 0 unspecified atom stereocenters. The highest BCUT2D eigenvalue weighted by Gasteiger charge is 2.29. The van der Waals surface area contributed by atoms with Crippen LogP contribution in [-0.4, -0.2) is 91.2 Å². The van der Waals surface area contributed by atoms with Gasteiger partial charge >= 0.3 is 6.09 Å². The van der Waals surface area contributed by atoms with Crippen molar-refractivity contribution in [3.05, 3.63) is 22.7 Å². The zero-order valence-electron chi connectivity index (χ0n) is 19.0. The molecule has 1 fully saturated rings. The Morgan fingerprint density at radius 1 is 1.06 bits per heavy atom. The first-order chi connectivity index (χ1) is 15.0. The van der Waals surface area contributed by atoms with Gasteiger partial charge in [0.05, 0.1) is 24.8 Å². The first-order valence-corrected chi connectivity index (χ1v) is 11.0. The summed E-state index contributed by atoms with van der Waals surface area (Å²) >= 11 is 6.28. The third-order valence-electron chi connectivity index (χ3n) is 5.05. The Bertz CT molecular complexity index is 877. The Kier molecular flexibility index (Phi) is 7.38. The number of likely N-dealkylation sites (N-methyl/N-ethyl adjacent to an activating group) is 1. The third kappa shape index (κ3) is 5.97. The van der Waals surface area contributed by atoms with Gasteiger partial charge in [-0.05, 0) is 32.9 Å². The van der Waals surface area contributed by atoms with Gasteiger partial charge in [-0.1, -0.05) is 11.6 Å². The van der Waals surface area contributed by atoms with Crippen molar-refractivity contribution < 1.29 is 28.6 Å². The molecule has 9 nitrogen and oxygen atoms in total. The Hall–Kier alpha value is -2.68. The fraction of sp³-hybridized carbons (Fsp3) is 0.591. The molecule has 0 spiro atoms. The highest BCUT2D eigenvalue weighted by molar-refractivity contribution is 6.32. The molecule has 0 aromatic heterocycles. The lowest BCUT2D eigenvalue weighted by molar-refractivity contribution is -0.133. The smallest absolute Gasteiger partial charge is 0.410 e. The van der Waals surface area contributed by atoms with E-state index in [9.17, 15) is 14.4 Å². The molecule has 0 bridgehead atoms. The predicted octanol–water partition coefficient (Wildman–Crippen LogP) is 2.65. The highest BCUT2D eigenvalue weighted by atomic mass is 35.5. The quantitative estimate of drug-likeness (QED) is 0.679. The number of fused-ring (bicyclic) bond motifs is 1.